The van der Waals surface area contributed by atoms with Gasteiger partial charge in [0.2, 0.25) is 5.91 Å². The van der Waals surface area contributed by atoms with Crippen molar-refractivity contribution in [2.45, 2.75) is 6.42 Å². The predicted molar refractivity (Wildman–Crippen MR) is 62.3 cm³/mol. The van der Waals surface area contributed by atoms with Gasteiger partial charge in [0.15, 0.2) is 0 Å². The number of carbonyl (C=O) groups is 1. The molecule has 0 aromatic carbocycles. The van der Waals surface area contributed by atoms with Crippen LogP contribution in [0.3, 0.4) is 0 Å². The normalized spacial score (nSPS) is 19.1. The lowest BCUT2D eigenvalue weighted by molar-refractivity contribution is -0.122. The van der Waals surface area contributed by atoms with Gasteiger partial charge in [-0.05, 0) is 13.5 Å². The lowest BCUT2D eigenvalue weighted by Gasteiger charge is -2.31. The van der Waals surface area contributed by atoms with Crippen LogP contribution in [0.4, 0.5) is 0 Å². The second-order valence-corrected chi connectivity index (χ2v) is 4.35. The molecule has 15 heavy (non-hydrogen) atoms. The Morgan fingerprint density at radius 3 is 2.60 bits per heavy atom. The monoisotopic (exact) mass is 233 g/mol. The fourth-order valence-electron chi connectivity index (χ4n) is 1.56. The third-order valence-corrected chi connectivity index (χ3v) is 2.86. The van der Waals surface area contributed by atoms with Crippen molar-refractivity contribution in [3.8, 4) is 0 Å². The van der Waals surface area contributed by atoms with Crippen LogP contribution < -0.4 is 5.32 Å². The highest BCUT2D eigenvalue weighted by Gasteiger charge is 2.15. The minimum absolute atomic E-state index is 0.115. The quantitative estimate of drug-likeness (QED) is 0.536. The van der Waals surface area contributed by atoms with Crippen LogP contribution in [-0.2, 0) is 4.79 Å². The summed E-state index contributed by atoms with van der Waals surface area (Å²) in [5, 5.41) is 2.86. The smallest absolute Gasteiger partial charge is 0.234 e. The second kappa shape index (κ2) is 7.04. The zero-order valence-electron chi connectivity index (χ0n) is 9.34. The van der Waals surface area contributed by atoms with Crippen molar-refractivity contribution in [1.82, 2.24) is 15.1 Å². The molecule has 1 heterocycles. The number of carbonyl (C=O) groups excluding carboxylic acids is 1. The highest BCUT2D eigenvalue weighted by Crippen LogP contribution is 1.97. The van der Waals surface area contributed by atoms with Crippen molar-refractivity contribution in [3.63, 3.8) is 0 Å². The molecule has 0 aromatic rings. The number of nitrogens with zero attached hydrogens (tertiary/aromatic N) is 2. The van der Waals surface area contributed by atoms with Gasteiger partial charge in [0.1, 0.15) is 0 Å². The number of hydrogen-bond donors (Lipinski definition) is 1. The van der Waals surface area contributed by atoms with Crippen molar-refractivity contribution in [3.05, 3.63) is 0 Å². The Morgan fingerprint density at radius 1 is 1.33 bits per heavy atom. The van der Waals surface area contributed by atoms with E-state index in [1.165, 1.54) is 0 Å². The first-order valence-corrected chi connectivity index (χ1v) is 5.99. The lowest BCUT2D eigenvalue weighted by atomic mass is 10.3. The molecule has 0 atom stereocenters. The van der Waals surface area contributed by atoms with Crippen LogP contribution in [0, 0.1) is 0 Å². The third kappa shape index (κ3) is 5.35. The summed E-state index contributed by atoms with van der Waals surface area (Å²) < 4.78 is 0. The van der Waals surface area contributed by atoms with Crippen molar-refractivity contribution >= 4 is 17.5 Å². The van der Waals surface area contributed by atoms with Gasteiger partial charge in [-0.2, -0.15) is 0 Å². The van der Waals surface area contributed by atoms with E-state index in [1.54, 1.807) is 0 Å². The summed E-state index contributed by atoms with van der Waals surface area (Å²) in [6, 6.07) is 0. The molecule has 1 aliphatic heterocycles. The van der Waals surface area contributed by atoms with Gasteiger partial charge in [-0.3, -0.25) is 9.69 Å². The molecule has 0 aliphatic carbocycles. The molecule has 0 spiro atoms. The Kier molecular flexibility index (Phi) is 5.98. The molecule has 0 saturated carbocycles. The second-order valence-electron chi connectivity index (χ2n) is 3.97. The number of piperazine rings is 1. The Hall–Kier alpha value is -0.320. The highest BCUT2D eigenvalue weighted by atomic mass is 35.5. The van der Waals surface area contributed by atoms with Gasteiger partial charge in [-0.25, -0.2) is 0 Å². The summed E-state index contributed by atoms with van der Waals surface area (Å²) in [6.07, 6.45) is 0.843. The van der Waals surface area contributed by atoms with Gasteiger partial charge in [0.05, 0.1) is 6.54 Å². The molecule has 1 fully saturated rings. The van der Waals surface area contributed by atoms with Crippen LogP contribution in [0.1, 0.15) is 6.42 Å². The maximum absolute atomic E-state index is 11.5. The van der Waals surface area contributed by atoms with Crippen LogP contribution in [0.25, 0.3) is 0 Å². The maximum Gasteiger partial charge on any atom is 0.234 e. The van der Waals surface area contributed by atoms with E-state index in [9.17, 15) is 4.79 Å². The Bertz CT molecular complexity index is 193. The maximum atomic E-state index is 11.5. The van der Waals surface area contributed by atoms with Gasteiger partial charge in [0.25, 0.3) is 0 Å². The predicted octanol–water partition coefficient (Wildman–Crippen LogP) is -0.0211. The Morgan fingerprint density at radius 2 is 2.00 bits per heavy atom. The van der Waals surface area contributed by atoms with Crippen LogP contribution in [0.15, 0.2) is 0 Å². The van der Waals surface area contributed by atoms with Crippen LogP contribution in [-0.4, -0.2) is 67.9 Å². The van der Waals surface area contributed by atoms with Crippen LogP contribution in [0.2, 0.25) is 0 Å². The molecule has 0 aromatic heterocycles. The van der Waals surface area contributed by atoms with Crippen LogP contribution >= 0.6 is 11.6 Å². The van der Waals surface area contributed by atoms with Gasteiger partial charge in [-0.15, -0.1) is 11.6 Å². The number of halogens is 1. The number of alkyl halides is 1. The highest BCUT2D eigenvalue weighted by molar-refractivity contribution is 6.17. The molecular weight excluding hydrogens is 214 g/mol. The first-order valence-electron chi connectivity index (χ1n) is 5.46. The third-order valence-electron chi connectivity index (χ3n) is 2.60. The Labute approximate surface area is 96.6 Å². The molecule has 1 rings (SSSR count). The van der Waals surface area contributed by atoms with E-state index in [-0.39, 0.29) is 5.91 Å². The molecule has 1 saturated heterocycles. The largest absolute Gasteiger partial charge is 0.355 e. The minimum atomic E-state index is 0.115. The lowest BCUT2D eigenvalue weighted by Crippen LogP contribution is -2.48. The van der Waals surface area contributed by atoms with E-state index >= 15 is 0 Å². The fraction of sp³-hybridized carbons (Fsp3) is 0.900. The van der Waals surface area contributed by atoms with Gasteiger partial charge in [-0.1, -0.05) is 0 Å². The van der Waals surface area contributed by atoms with E-state index in [1.807, 2.05) is 0 Å². The van der Waals surface area contributed by atoms with Gasteiger partial charge in [0, 0.05) is 38.6 Å². The molecule has 0 unspecified atom stereocenters. The molecule has 1 aliphatic rings. The van der Waals surface area contributed by atoms with Crippen molar-refractivity contribution in [2.24, 2.45) is 0 Å². The number of hydrogen-bond acceptors (Lipinski definition) is 3. The molecule has 5 heteroatoms. The SMILES string of the molecule is CN1CCN(CC(=O)NCCCCl)CC1. The zero-order chi connectivity index (χ0) is 11.1. The molecule has 0 bridgehead atoms. The summed E-state index contributed by atoms with van der Waals surface area (Å²) in [7, 11) is 2.11. The number of rotatable bonds is 5. The van der Waals surface area contributed by atoms with E-state index in [0.29, 0.717) is 19.0 Å². The molecule has 88 valence electrons. The fourth-order valence-corrected chi connectivity index (χ4v) is 1.69. The summed E-state index contributed by atoms with van der Waals surface area (Å²) in [6.45, 7) is 5.29. The summed E-state index contributed by atoms with van der Waals surface area (Å²) in [5.41, 5.74) is 0. The molecule has 1 amide bonds. The van der Waals surface area contributed by atoms with Gasteiger partial charge < -0.3 is 10.2 Å². The van der Waals surface area contributed by atoms with E-state index in [2.05, 4.69) is 22.2 Å². The first kappa shape index (κ1) is 12.7. The molecule has 4 nitrogen and oxygen atoms in total. The van der Waals surface area contributed by atoms with E-state index in [4.69, 9.17) is 11.6 Å². The van der Waals surface area contributed by atoms with Crippen LogP contribution in [0.5, 0.6) is 0 Å². The zero-order valence-corrected chi connectivity index (χ0v) is 10.1. The summed E-state index contributed by atoms with van der Waals surface area (Å²) in [4.78, 5) is 15.9. The minimum Gasteiger partial charge on any atom is -0.355 e. The number of likely N-dealkylation sites (N-methyl/N-ethyl adjacent to an activating group) is 1. The molecular formula is C10H20ClN3O. The number of nitrogens with one attached hydrogen (secondary N) is 1. The summed E-state index contributed by atoms with van der Waals surface area (Å²) in [5.74, 6) is 0.721. The topological polar surface area (TPSA) is 35.6 Å². The first-order chi connectivity index (χ1) is 7.22. The molecule has 0 radical (unpaired) electrons. The Balaban J connectivity index is 2.09. The average molecular weight is 234 g/mol. The van der Waals surface area contributed by atoms with Crippen molar-refractivity contribution < 1.29 is 4.79 Å². The number of amides is 1. The van der Waals surface area contributed by atoms with Gasteiger partial charge >= 0.3 is 0 Å². The molecule has 1 N–H and O–H groups in total. The van der Waals surface area contributed by atoms with E-state index < -0.39 is 0 Å². The van der Waals surface area contributed by atoms with Crippen molar-refractivity contribution in [2.75, 3.05) is 52.2 Å². The van der Waals surface area contributed by atoms with Crippen molar-refractivity contribution in [1.29, 1.82) is 0 Å². The average Bonchev–Trinajstić information content (AvgIpc) is 2.22. The van der Waals surface area contributed by atoms with E-state index in [0.717, 1.165) is 32.6 Å². The summed E-state index contributed by atoms with van der Waals surface area (Å²) >= 11 is 5.53. The standard InChI is InChI=1S/C10H20ClN3O/c1-13-5-7-14(8-6-13)9-10(15)12-4-2-3-11/h2-9H2,1H3,(H,12,15).